The van der Waals surface area contributed by atoms with Gasteiger partial charge in [-0.1, -0.05) is 20.8 Å². The van der Waals surface area contributed by atoms with Crippen LogP contribution in [0.15, 0.2) is 0 Å². The maximum absolute atomic E-state index is 10.2. The van der Waals surface area contributed by atoms with Crippen LogP contribution < -0.4 is 15.3 Å². The summed E-state index contributed by atoms with van der Waals surface area (Å²) in [5.41, 5.74) is 0. The van der Waals surface area contributed by atoms with Gasteiger partial charge < -0.3 is 29.7 Å². The number of carboxylic acid groups (broad SMARTS) is 3. The van der Waals surface area contributed by atoms with Gasteiger partial charge in [-0.2, -0.15) is 0 Å². The number of carbonyl (C=O) groups excluding carboxylic acids is 6. The number of aliphatic carboxylic acids is 3. The van der Waals surface area contributed by atoms with Crippen molar-refractivity contribution in [1.82, 2.24) is 0 Å². The number of Topliss-reactive ketones (excluding diaryl/α,β-unsaturated/α-hetero) is 3. The Morgan fingerprint density at radius 2 is 0.680 bits per heavy atom. The van der Waals surface area contributed by atoms with Crippen molar-refractivity contribution in [3.63, 3.8) is 0 Å². The molecular weight excluding hydrogens is 372 g/mol. The predicted octanol–water partition coefficient (Wildman–Crippen LogP) is -2.69. The second-order valence-corrected chi connectivity index (χ2v) is 4.32. The van der Waals surface area contributed by atoms with Crippen molar-refractivity contribution in [2.75, 3.05) is 0 Å². The zero-order valence-electron chi connectivity index (χ0n) is 14.4. The van der Waals surface area contributed by atoms with Gasteiger partial charge in [0.05, 0.1) is 0 Å². The quantitative estimate of drug-likeness (QED) is 0.299. The Morgan fingerprint density at radius 3 is 0.720 bits per heavy atom. The van der Waals surface area contributed by atoms with Crippen molar-refractivity contribution in [3.05, 3.63) is 0 Å². The maximum atomic E-state index is 10.2. The third-order valence-corrected chi connectivity index (χ3v) is 2.21. The molecule has 0 radical (unpaired) electrons. The van der Waals surface area contributed by atoms with Gasteiger partial charge in [-0.3, -0.25) is 14.4 Å². The molecule has 0 atom stereocenters. The number of ketones is 3. The molecule has 0 aliphatic carbocycles. The van der Waals surface area contributed by atoms with Gasteiger partial charge in [-0.05, 0) is 0 Å². The van der Waals surface area contributed by atoms with Gasteiger partial charge in [0.2, 0.25) is 0 Å². The third-order valence-electron chi connectivity index (χ3n) is 2.21. The van der Waals surface area contributed by atoms with Crippen molar-refractivity contribution in [2.45, 2.75) is 59.3 Å². The van der Waals surface area contributed by atoms with E-state index in [1.807, 2.05) is 0 Å². The van der Waals surface area contributed by atoms with Gasteiger partial charge in [0.15, 0.2) is 0 Å². The average molecular weight is 393 g/mol. The first-order valence-electron chi connectivity index (χ1n) is 7.14. The molecule has 0 rings (SSSR count). The SMILES string of the molecule is CCC(=O)CC(=O)[O-].CCC(=O)CC(=O)[O-].CCC(=O)CC(=O)[O-].[Ti+2]. The molecule has 0 saturated carbocycles. The smallest absolute Gasteiger partial charge is 0.550 e. The van der Waals surface area contributed by atoms with Crippen molar-refractivity contribution in [3.8, 4) is 0 Å². The van der Waals surface area contributed by atoms with Crippen LogP contribution in [0.5, 0.6) is 0 Å². The van der Waals surface area contributed by atoms with E-state index < -0.39 is 37.2 Å². The largest absolute Gasteiger partial charge is 2.00 e. The van der Waals surface area contributed by atoms with Gasteiger partial charge in [-0.15, -0.1) is 0 Å². The Kier molecular flexibility index (Phi) is 25.0. The third kappa shape index (κ3) is 34.5. The molecule has 0 saturated heterocycles. The van der Waals surface area contributed by atoms with Gasteiger partial charge >= 0.3 is 21.7 Å². The molecule has 0 aromatic heterocycles. The molecule has 0 aliphatic rings. The minimum atomic E-state index is -1.29. The van der Waals surface area contributed by atoms with E-state index >= 15 is 0 Å². The molecule has 10 heteroatoms. The van der Waals surface area contributed by atoms with Crippen molar-refractivity contribution >= 4 is 35.3 Å². The summed E-state index contributed by atoms with van der Waals surface area (Å²) in [7, 11) is 0. The molecular formula is C15H21O9Ti-. The van der Waals surface area contributed by atoms with E-state index in [0.717, 1.165) is 0 Å². The van der Waals surface area contributed by atoms with Crippen LogP contribution in [0.4, 0.5) is 0 Å². The second kappa shape index (κ2) is 20.2. The summed E-state index contributed by atoms with van der Waals surface area (Å²) < 4.78 is 0. The molecule has 0 amide bonds. The van der Waals surface area contributed by atoms with Crippen molar-refractivity contribution in [1.29, 1.82) is 0 Å². The molecule has 25 heavy (non-hydrogen) atoms. The summed E-state index contributed by atoms with van der Waals surface area (Å²) in [6.45, 7) is 4.85. The zero-order chi connectivity index (χ0) is 19.7. The number of rotatable bonds is 9. The molecule has 0 aromatic rings. The summed E-state index contributed by atoms with van der Waals surface area (Å²) in [5, 5.41) is 28.9. The fourth-order valence-corrected chi connectivity index (χ4v) is 0.858. The molecule has 0 bridgehead atoms. The van der Waals surface area contributed by atoms with Crippen LogP contribution in [0.3, 0.4) is 0 Å². The van der Waals surface area contributed by atoms with Crippen molar-refractivity contribution in [2.24, 2.45) is 0 Å². The van der Waals surface area contributed by atoms with Gasteiger partial charge in [0, 0.05) is 56.4 Å². The van der Waals surface area contributed by atoms with E-state index in [9.17, 15) is 44.1 Å². The van der Waals surface area contributed by atoms with Crippen LogP contribution in [0, 0.1) is 0 Å². The summed E-state index contributed by atoms with van der Waals surface area (Å²) in [6.07, 6.45) is -0.528. The molecule has 140 valence electrons. The Labute approximate surface area is 160 Å². The van der Waals surface area contributed by atoms with Crippen LogP contribution in [0.1, 0.15) is 59.3 Å². The topological polar surface area (TPSA) is 172 Å². The van der Waals surface area contributed by atoms with Crippen LogP contribution in [0.25, 0.3) is 0 Å². The summed E-state index contributed by atoms with van der Waals surface area (Å²) in [6, 6.07) is 0. The fraction of sp³-hybridized carbons (Fsp3) is 0.600. The molecule has 0 aromatic carbocycles. The fourth-order valence-electron chi connectivity index (χ4n) is 0.858. The van der Waals surface area contributed by atoms with E-state index in [4.69, 9.17) is 0 Å². The Hall–Kier alpha value is -1.87. The molecule has 0 fully saturated rings. The molecule has 0 aliphatic heterocycles. The zero-order valence-corrected chi connectivity index (χ0v) is 16.0. The standard InChI is InChI=1S/3C5H8O3.Ti/c3*1-2-4(6)3-5(7)8;/h3*2-3H2,1H3,(H,7,8);/q;;;+2/p-3. The normalized spacial score (nSPS) is 8.28. The van der Waals surface area contributed by atoms with E-state index in [1.54, 1.807) is 20.8 Å². The van der Waals surface area contributed by atoms with Crippen LogP contribution in [0.2, 0.25) is 0 Å². The molecule has 0 spiro atoms. The van der Waals surface area contributed by atoms with Crippen LogP contribution >= 0.6 is 0 Å². The summed E-state index contributed by atoms with van der Waals surface area (Å²) >= 11 is 0. The van der Waals surface area contributed by atoms with Gasteiger partial charge in [0.1, 0.15) is 17.3 Å². The van der Waals surface area contributed by atoms with Crippen molar-refractivity contribution < 1.29 is 65.8 Å². The minimum absolute atomic E-state index is 0. The number of hydrogen-bond donors (Lipinski definition) is 0. The molecule has 0 N–H and O–H groups in total. The van der Waals surface area contributed by atoms with Crippen LogP contribution in [-0.4, -0.2) is 35.3 Å². The molecule has 9 nitrogen and oxygen atoms in total. The van der Waals surface area contributed by atoms with E-state index in [1.165, 1.54) is 0 Å². The van der Waals surface area contributed by atoms with E-state index in [0.29, 0.717) is 0 Å². The Bertz CT molecular complexity index is 391. The number of carbonyl (C=O) groups is 6. The molecule has 0 heterocycles. The average Bonchev–Trinajstić information content (AvgIpc) is 2.46. The monoisotopic (exact) mass is 393 g/mol. The summed E-state index contributed by atoms with van der Waals surface area (Å²) in [5.74, 6) is -4.74. The Balaban J connectivity index is -0.000000130. The first-order valence-corrected chi connectivity index (χ1v) is 7.14. The van der Waals surface area contributed by atoms with Crippen LogP contribution in [-0.2, 0) is 50.5 Å². The first-order chi connectivity index (χ1) is 11.0. The first kappa shape index (κ1) is 31.0. The predicted molar refractivity (Wildman–Crippen MR) is 74.8 cm³/mol. The van der Waals surface area contributed by atoms with Gasteiger partial charge in [0.25, 0.3) is 0 Å². The van der Waals surface area contributed by atoms with E-state index in [2.05, 4.69) is 0 Å². The second-order valence-electron chi connectivity index (χ2n) is 4.32. The molecule has 0 unspecified atom stereocenters. The maximum Gasteiger partial charge on any atom is 2.00 e. The van der Waals surface area contributed by atoms with E-state index in [-0.39, 0.29) is 58.3 Å². The Morgan fingerprint density at radius 1 is 0.520 bits per heavy atom. The number of carboxylic acids is 3. The number of hydrogen-bond acceptors (Lipinski definition) is 9. The van der Waals surface area contributed by atoms with Gasteiger partial charge in [-0.25, -0.2) is 0 Å². The summed E-state index contributed by atoms with van der Waals surface area (Å²) in [4.78, 5) is 59.5. The minimum Gasteiger partial charge on any atom is -0.550 e.